The Morgan fingerprint density at radius 3 is 2.68 bits per heavy atom. The molecule has 1 atom stereocenters. The van der Waals surface area contributed by atoms with Crippen LogP contribution in [0, 0.1) is 5.92 Å². The Kier molecular flexibility index (Phi) is 3.65. The normalized spacial score (nSPS) is 22.5. The molecule has 1 amide bonds. The maximum Gasteiger partial charge on any atom is 0.416 e. The SMILES string of the molecule is CC1CCN(Cc2cc3c(c(C(F)(F)F)c2)CN(N)C3=O)C1. The van der Waals surface area contributed by atoms with Crippen molar-refractivity contribution in [3.8, 4) is 0 Å². The number of nitrogens with zero attached hydrogens (tertiary/aromatic N) is 2. The van der Waals surface area contributed by atoms with E-state index in [1.165, 1.54) is 0 Å². The van der Waals surface area contributed by atoms with Crippen LogP contribution in [0.4, 0.5) is 13.2 Å². The van der Waals surface area contributed by atoms with Crippen LogP contribution >= 0.6 is 0 Å². The summed E-state index contributed by atoms with van der Waals surface area (Å²) >= 11 is 0. The quantitative estimate of drug-likeness (QED) is 0.674. The lowest BCUT2D eigenvalue weighted by Crippen LogP contribution is -2.30. The summed E-state index contributed by atoms with van der Waals surface area (Å²) in [5, 5.41) is 0.835. The third-order valence-corrected chi connectivity index (χ3v) is 4.35. The molecular formula is C15H18F3N3O. The molecule has 1 aromatic rings. The third kappa shape index (κ3) is 2.70. The number of likely N-dealkylation sites (tertiary alicyclic amines) is 1. The van der Waals surface area contributed by atoms with Crippen molar-refractivity contribution >= 4 is 5.91 Å². The van der Waals surface area contributed by atoms with Crippen molar-refractivity contribution in [1.82, 2.24) is 9.91 Å². The maximum atomic E-state index is 13.3. The molecule has 2 N–H and O–H groups in total. The molecule has 1 fully saturated rings. The van der Waals surface area contributed by atoms with Crippen molar-refractivity contribution in [3.63, 3.8) is 0 Å². The van der Waals surface area contributed by atoms with E-state index in [-0.39, 0.29) is 17.7 Å². The average Bonchev–Trinajstić information content (AvgIpc) is 2.94. The summed E-state index contributed by atoms with van der Waals surface area (Å²) in [6, 6.07) is 2.72. The van der Waals surface area contributed by atoms with Crippen molar-refractivity contribution in [3.05, 3.63) is 34.4 Å². The highest BCUT2D eigenvalue weighted by Gasteiger charge is 2.39. The first-order valence-corrected chi connectivity index (χ1v) is 7.27. The largest absolute Gasteiger partial charge is 0.416 e. The fourth-order valence-corrected chi connectivity index (χ4v) is 3.26. The minimum atomic E-state index is -4.48. The van der Waals surface area contributed by atoms with Crippen molar-refractivity contribution in [2.24, 2.45) is 11.8 Å². The number of benzene rings is 1. The molecule has 1 saturated heterocycles. The van der Waals surface area contributed by atoms with Gasteiger partial charge < -0.3 is 0 Å². The van der Waals surface area contributed by atoms with E-state index in [9.17, 15) is 18.0 Å². The molecule has 1 aromatic carbocycles. The summed E-state index contributed by atoms with van der Waals surface area (Å²) in [5.74, 6) is 5.49. The molecule has 0 aliphatic carbocycles. The first kappa shape index (κ1) is 15.3. The third-order valence-electron chi connectivity index (χ3n) is 4.35. The topological polar surface area (TPSA) is 49.6 Å². The second-order valence-electron chi connectivity index (χ2n) is 6.23. The number of amides is 1. The minimum Gasteiger partial charge on any atom is -0.299 e. The monoisotopic (exact) mass is 313 g/mol. The second-order valence-corrected chi connectivity index (χ2v) is 6.23. The van der Waals surface area contributed by atoms with E-state index in [4.69, 9.17) is 5.84 Å². The Labute approximate surface area is 126 Å². The number of rotatable bonds is 2. The Morgan fingerprint density at radius 2 is 2.09 bits per heavy atom. The maximum absolute atomic E-state index is 13.3. The molecule has 3 rings (SSSR count). The number of hydrogen-bond acceptors (Lipinski definition) is 3. The number of halogens is 3. The van der Waals surface area contributed by atoms with Crippen LogP contribution in [0.1, 0.15) is 40.4 Å². The van der Waals surface area contributed by atoms with E-state index in [0.717, 1.165) is 30.6 Å². The van der Waals surface area contributed by atoms with Crippen LogP contribution in [0.3, 0.4) is 0 Å². The molecular weight excluding hydrogens is 295 g/mol. The summed E-state index contributed by atoms with van der Waals surface area (Å²) in [4.78, 5) is 14.1. The lowest BCUT2D eigenvalue weighted by atomic mass is 9.98. The van der Waals surface area contributed by atoms with Gasteiger partial charge in [0.2, 0.25) is 0 Å². The number of carbonyl (C=O) groups is 1. The molecule has 2 aliphatic heterocycles. The Hall–Kier alpha value is -1.60. The molecule has 7 heteroatoms. The van der Waals surface area contributed by atoms with Crippen molar-refractivity contribution in [2.45, 2.75) is 32.6 Å². The van der Waals surface area contributed by atoms with Gasteiger partial charge >= 0.3 is 6.18 Å². The van der Waals surface area contributed by atoms with E-state index in [1.54, 1.807) is 6.07 Å². The van der Waals surface area contributed by atoms with Crippen LogP contribution in [0.2, 0.25) is 0 Å². The Balaban J connectivity index is 1.97. The number of fused-ring (bicyclic) bond motifs is 1. The van der Waals surface area contributed by atoms with Crippen LogP contribution in [-0.4, -0.2) is 28.9 Å². The Morgan fingerprint density at radius 1 is 1.36 bits per heavy atom. The first-order valence-electron chi connectivity index (χ1n) is 7.27. The lowest BCUT2D eigenvalue weighted by Gasteiger charge is -2.18. The second kappa shape index (κ2) is 5.24. The molecule has 0 aromatic heterocycles. The zero-order valence-electron chi connectivity index (χ0n) is 12.3. The lowest BCUT2D eigenvalue weighted by molar-refractivity contribution is -0.138. The highest BCUT2D eigenvalue weighted by molar-refractivity contribution is 5.98. The molecule has 0 radical (unpaired) electrons. The van der Waals surface area contributed by atoms with Crippen LogP contribution in [-0.2, 0) is 19.3 Å². The van der Waals surface area contributed by atoms with Gasteiger partial charge in [-0.3, -0.25) is 14.7 Å². The number of alkyl halides is 3. The van der Waals surface area contributed by atoms with Crippen LogP contribution < -0.4 is 5.84 Å². The van der Waals surface area contributed by atoms with Crippen molar-refractivity contribution < 1.29 is 18.0 Å². The van der Waals surface area contributed by atoms with Gasteiger partial charge in [0.1, 0.15) is 0 Å². The van der Waals surface area contributed by atoms with Gasteiger partial charge in [-0.25, -0.2) is 5.84 Å². The van der Waals surface area contributed by atoms with Crippen molar-refractivity contribution in [1.29, 1.82) is 0 Å². The molecule has 120 valence electrons. The Bertz CT molecular complexity index is 615. The van der Waals surface area contributed by atoms with E-state index in [0.29, 0.717) is 18.0 Å². The predicted molar refractivity (Wildman–Crippen MR) is 74.6 cm³/mol. The summed E-state index contributed by atoms with van der Waals surface area (Å²) in [6.45, 7) is 4.11. The highest BCUT2D eigenvalue weighted by Crippen LogP contribution is 2.37. The number of carbonyl (C=O) groups excluding carboxylic acids is 1. The highest BCUT2D eigenvalue weighted by atomic mass is 19.4. The molecule has 0 spiro atoms. The molecule has 0 saturated carbocycles. The summed E-state index contributed by atoms with van der Waals surface area (Å²) in [6.07, 6.45) is -3.43. The van der Waals surface area contributed by atoms with Crippen LogP contribution in [0.5, 0.6) is 0 Å². The summed E-state index contributed by atoms with van der Waals surface area (Å²) in [7, 11) is 0. The van der Waals surface area contributed by atoms with E-state index in [1.807, 2.05) is 0 Å². The molecule has 2 heterocycles. The fraction of sp³-hybridized carbons (Fsp3) is 0.533. The minimum absolute atomic E-state index is 0.0152. The zero-order valence-corrected chi connectivity index (χ0v) is 12.3. The number of hydrogen-bond donors (Lipinski definition) is 1. The number of nitrogens with two attached hydrogens (primary N) is 1. The first-order chi connectivity index (χ1) is 10.3. The fourth-order valence-electron chi connectivity index (χ4n) is 3.26. The van der Waals surface area contributed by atoms with Gasteiger partial charge in [-0.05, 0) is 42.1 Å². The van der Waals surface area contributed by atoms with Gasteiger partial charge in [-0.2, -0.15) is 13.2 Å². The van der Waals surface area contributed by atoms with Gasteiger partial charge in [-0.1, -0.05) is 6.92 Å². The number of hydrazine groups is 1. The average molecular weight is 313 g/mol. The zero-order chi connectivity index (χ0) is 16.1. The van der Waals surface area contributed by atoms with Crippen LogP contribution in [0.25, 0.3) is 0 Å². The van der Waals surface area contributed by atoms with Gasteiger partial charge in [0.05, 0.1) is 12.1 Å². The van der Waals surface area contributed by atoms with Gasteiger partial charge in [0.15, 0.2) is 0 Å². The molecule has 2 aliphatic rings. The predicted octanol–water partition coefficient (Wildman–Crippen LogP) is 2.38. The molecule has 0 bridgehead atoms. The molecule has 22 heavy (non-hydrogen) atoms. The van der Waals surface area contributed by atoms with Gasteiger partial charge in [0.25, 0.3) is 5.91 Å². The van der Waals surface area contributed by atoms with Gasteiger partial charge in [0, 0.05) is 18.7 Å². The molecule has 4 nitrogen and oxygen atoms in total. The van der Waals surface area contributed by atoms with Crippen molar-refractivity contribution in [2.75, 3.05) is 13.1 Å². The summed E-state index contributed by atoms with van der Waals surface area (Å²) in [5.41, 5.74) is -0.157. The van der Waals surface area contributed by atoms with Gasteiger partial charge in [-0.15, -0.1) is 0 Å². The van der Waals surface area contributed by atoms with Crippen LogP contribution in [0.15, 0.2) is 12.1 Å². The standard InChI is InChI=1S/C15H18F3N3O/c1-9-2-3-20(6-9)7-10-4-11-12(8-21(19)14(11)22)13(5-10)15(16,17)18/h4-5,9H,2-3,6-8,19H2,1H3. The van der Waals surface area contributed by atoms with E-state index < -0.39 is 17.6 Å². The molecule has 1 unspecified atom stereocenters. The summed E-state index contributed by atoms with van der Waals surface area (Å²) < 4.78 is 39.8. The van der Waals surface area contributed by atoms with E-state index in [2.05, 4.69) is 11.8 Å². The van der Waals surface area contributed by atoms with E-state index >= 15 is 0 Å². The smallest absolute Gasteiger partial charge is 0.299 e.